The number of halogens is 3. The summed E-state index contributed by atoms with van der Waals surface area (Å²) in [6, 6.07) is 29.2. The molecule has 284 valence electrons. The van der Waals surface area contributed by atoms with Crippen LogP contribution in [0.2, 0.25) is 5.02 Å². The Bertz CT molecular complexity index is 2600. The predicted molar refractivity (Wildman–Crippen MR) is 217 cm³/mol. The fourth-order valence-electron chi connectivity index (χ4n) is 5.78. The number of fused-ring (bicyclic) bond motifs is 2. The molecule has 6 heterocycles. The van der Waals surface area contributed by atoms with Gasteiger partial charge in [0.05, 0.1) is 52.5 Å². The van der Waals surface area contributed by atoms with Crippen LogP contribution in [0.15, 0.2) is 125 Å². The van der Waals surface area contributed by atoms with Gasteiger partial charge in [0.25, 0.3) is 0 Å². The van der Waals surface area contributed by atoms with Gasteiger partial charge in [-0.3, -0.25) is 10.4 Å². The molecular weight excluding hydrogens is 868 g/mol. The molecule has 0 aliphatic rings. The first-order valence-corrected chi connectivity index (χ1v) is 19.2. The maximum absolute atomic E-state index is 10.0. The first-order valence-electron chi connectivity index (χ1n) is 17.2. The van der Waals surface area contributed by atoms with E-state index in [0.29, 0.717) is 36.2 Å². The van der Waals surface area contributed by atoms with Gasteiger partial charge >= 0.3 is 11.8 Å². The van der Waals surface area contributed by atoms with Crippen LogP contribution in [0.3, 0.4) is 0 Å². The third kappa shape index (κ3) is 8.46. The fraction of sp³-hybridized carbons (Fsp3) is 0.128. The number of hydrogen-bond acceptors (Lipinski definition) is 10. The zero-order chi connectivity index (χ0) is 39.2. The van der Waals surface area contributed by atoms with Gasteiger partial charge in [0.2, 0.25) is 12.4 Å². The number of anilines is 2. The summed E-state index contributed by atoms with van der Waals surface area (Å²) in [5.74, 6) is 2.14. The lowest BCUT2D eigenvalue weighted by Crippen LogP contribution is -2.33. The highest BCUT2D eigenvalue weighted by Gasteiger charge is 2.19. The molecule has 8 rings (SSSR count). The van der Waals surface area contributed by atoms with E-state index < -0.39 is 0 Å². The number of pyridine rings is 2. The number of methoxy groups -OCH3 is 1. The predicted octanol–water partition coefficient (Wildman–Crippen LogP) is 7.65. The van der Waals surface area contributed by atoms with Crippen LogP contribution in [0.4, 0.5) is 11.6 Å². The minimum absolute atomic E-state index is 0.180. The van der Waals surface area contributed by atoms with E-state index in [2.05, 4.69) is 52.7 Å². The molecule has 0 spiro atoms. The Labute approximate surface area is 342 Å². The van der Waals surface area contributed by atoms with Gasteiger partial charge in [-0.25, -0.2) is 9.97 Å². The van der Waals surface area contributed by atoms with Crippen molar-refractivity contribution in [1.29, 1.82) is 0 Å². The maximum atomic E-state index is 10.0. The molecule has 17 heteroatoms. The summed E-state index contributed by atoms with van der Waals surface area (Å²) in [5, 5.41) is 35.8. The van der Waals surface area contributed by atoms with E-state index in [1.807, 2.05) is 85.8 Å². The lowest BCUT2D eigenvalue weighted by Gasteiger charge is -2.11. The van der Waals surface area contributed by atoms with Crippen molar-refractivity contribution in [2.24, 2.45) is 0 Å². The maximum Gasteiger partial charge on any atom is 0.435 e. The molecule has 0 radical (unpaired) electrons. The van der Waals surface area contributed by atoms with E-state index in [1.54, 1.807) is 39.8 Å². The number of nitrogens with one attached hydrogen (secondary N) is 2. The van der Waals surface area contributed by atoms with E-state index in [1.165, 1.54) is 13.3 Å². The summed E-state index contributed by atoms with van der Waals surface area (Å²) >= 11 is 13.2. The topological polar surface area (TPSA) is 151 Å². The van der Waals surface area contributed by atoms with E-state index >= 15 is 0 Å². The van der Waals surface area contributed by atoms with Crippen LogP contribution in [-0.4, -0.2) is 53.3 Å². The number of nitrogens with zero attached hydrogens (tertiary/aromatic N) is 8. The van der Waals surface area contributed by atoms with Crippen LogP contribution in [0.1, 0.15) is 18.1 Å². The minimum atomic E-state index is 0.180. The number of rotatable bonds is 11. The van der Waals surface area contributed by atoms with Gasteiger partial charge in [-0.2, -0.15) is 19.2 Å². The van der Waals surface area contributed by atoms with Crippen molar-refractivity contribution in [3.8, 4) is 34.3 Å². The molecule has 0 saturated carbocycles. The van der Waals surface area contributed by atoms with Crippen LogP contribution in [0.5, 0.6) is 11.8 Å². The average Bonchev–Trinajstić information content (AvgIpc) is 3.79. The standard InChI is InChI=1S/C20H19BrN5O2.C19H16BrClN5O2/c1-2-28-19-9-8-14(13-25(19)27)11-22-18-10-17(15-6-4-3-5-7-15)24-20-16(21)12-23-26(18)20;1-28-19-15(21)7-12(11-25(19)27)9-22-17-8-16(13-5-3-2-4-6-13)24-18-14(20)10-23-26(17)18/h3-10,12-13,22,27H,2,11H2,1H3;2-8,10-11,22,27H,9H2,1H3/q2*+1. The normalized spacial score (nSPS) is 10.9. The number of aromatic nitrogens is 8. The van der Waals surface area contributed by atoms with E-state index in [9.17, 15) is 10.4 Å². The van der Waals surface area contributed by atoms with E-state index in [0.717, 1.165) is 69.3 Å². The molecule has 2 aromatic carbocycles. The fourth-order valence-corrected chi connectivity index (χ4v) is 6.78. The Morgan fingerprint density at radius 1 is 0.714 bits per heavy atom. The monoisotopic (exact) mass is 900 g/mol. The zero-order valence-electron chi connectivity index (χ0n) is 30.0. The highest BCUT2D eigenvalue weighted by Crippen LogP contribution is 2.28. The molecule has 0 fully saturated rings. The zero-order valence-corrected chi connectivity index (χ0v) is 33.9. The summed E-state index contributed by atoms with van der Waals surface area (Å²) in [6.45, 7) is 3.27. The third-order valence-electron chi connectivity index (χ3n) is 8.40. The molecule has 0 aliphatic carbocycles. The van der Waals surface area contributed by atoms with Crippen LogP contribution in [0.25, 0.3) is 33.8 Å². The van der Waals surface area contributed by atoms with Gasteiger partial charge < -0.3 is 20.1 Å². The number of ether oxygens (including phenoxy) is 2. The Morgan fingerprint density at radius 2 is 1.23 bits per heavy atom. The molecule has 0 atom stereocenters. The molecule has 0 bridgehead atoms. The summed E-state index contributed by atoms with van der Waals surface area (Å²) in [7, 11) is 1.44. The van der Waals surface area contributed by atoms with E-state index in [-0.39, 0.29) is 5.88 Å². The highest BCUT2D eigenvalue weighted by atomic mass is 79.9. The van der Waals surface area contributed by atoms with Gasteiger partial charge in [-0.15, -0.1) is 0 Å². The molecule has 0 saturated heterocycles. The molecular formula is C39H35Br2ClN10O4+2. The molecule has 0 unspecified atom stereocenters. The smallest absolute Gasteiger partial charge is 0.435 e. The van der Waals surface area contributed by atoms with Crippen LogP contribution in [0, 0.1) is 0 Å². The molecule has 14 nitrogen and oxygen atoms in total. The second-order valence-electron chi connectivity index (χ2n) is 12.2. The van der Waals surface area contributed by atoms with Crippen molar-refractivity contribution in [2.75, 3.05) is 24.4 Å². The van der Waals surface area contributed by atoms with Crippen molar-refractivity contribution in [1.82, 2.24) is 29.2 Å². The van der Waals surface area contributed by atoms with Gasteiger partial charge in [-0.05, 0) is 50.9 Å². The molecule has 56 heavy (non-hydrogen) atoms. The second-order valence-corrected chi connectivity index (χ2v) is 14.3. The second kappa shape index (κ2) is 17.2. The van der Waals surface area contributed by atoms with Gasteiger partial charge in [-0.1, -0.05) is 72.3 Å². The van der Waals surface area contributed by atoms with Crippen molar-refractivity contribution in [2.45, 2.75) is 20.0 Å². The Hall–Kier alpha value is -5.97. The van der Waals surface area contributed by atoms with Gasteiger partial charge in [0, 0.05) is 56.9 Å². The average molecular weight is 903 g/mol. The van der Waals surface area contributed by atoms with Crippen molar-refractivity contribution < 1.29 is 29.3 Å². The highest BCUT2D eigenvalue weighted by molar-refractivity contribution is 9.11. The largest absolute Gasteiger partial charge is 0.443 e. The number of hydrogen-bond donors (Lipinski definition) is 4. The molecule has 4 N–H and O–H groups in total. The van der Waals surface area contributed by atoms with Crippen molar-refractivity contribution in [3.05, 3.63) is 141 Å². The SMILES string of the molecule is CCOc1ccc(CNc2cc(-c3ccccc3)nc3c(Br)cnn23)c[n+]1O.COc1c(Cl)cc(CNc2cc(-c3ccccc3)nc3c(Br)cnn23)c[n+]1O. The molecule has 8 aromatic rings. The van der Waals surface area contributed by atoms with Crippen LogP contribution >= 0.6 is 43.5 Å². The Kier molecular flexibility index (Phi) is 11.8. The Balaban J connectivity index is 0.000000172. The summed E-state index contributed by atoms with van der Waals surface area (Å²) in [6.07, 6.45) is 6.58. The summed E-state index contributed by atoms with van der Waals surface area (Å²) in [4.78, 5) is 9.42. The molecule has 0 amide bonds. The summed E-state index contributed by atoms with van der Waals surface area (Å²) in [5.41, 5.74) is 6.79. The molecule has 0 aliphatic heterocycles. The first-order chi connectivity index (χ1) is 27.2. The first kappa shape index (κ1) is 38.3. The molecule has 6 aromatic heterocycles. The minimum Gasteiger partial charge on any atom is -0.443 e. The number of benzene rings is 2. The summed E-state index contributed by atoms with van der Waals surface area (Å²) < 4.78 is 17.3. The quantitative estimate of drug-likeness (QED) is 0.0753. The van der Waals surface area contributed by atoms with Crippen molar-refractivity contribution in [3.63, 3.8) is 0 Å². The van der Waals surface area contributed by atoms with Gasteiger partial charge in [0.15, 0.2) is 16.3 Å². The third-order valence-corrected chi connectivity index (χ3v) is 9.79. The van der Waals surface area contributed by atoms with E-state index in [4.69, 9.17) is 31.0 Å². The van der Waals surface area contributed by atoms with Gasteiger partial charge in [0.1, 0.15) is 11.6 Å². The Morgan fingerprint density at radius 3 is 1.71 bits per heavy atom. The lowest BCUT2D eigenvalue weighted by atomic mass is 10.1. The van der Waals surface area contributed by atoms with Crippen LogP contribution in [-0.2, 0) is 13.1 Å². The lowest BCUT2D eigenvalue weighted by molar-refractivity contribution is -0.906. The van der Waals surface area contributed by atoms with Crippen LogP contribution < -0.4 is 29.6 Å². The van der Waals surface area contributed by atoms with Crippen molar-refractivity contribution >= 4 is 66.4 Å².